The lowest BCUT2D eigenvalue weighted by molar-refractivity contribution is 0.0183. The van der Waals surface area contributed by atoms with Crippen LogP contribution in [0.15, 0.2) is 30.3 Å². The van der Waals surface area contributed by atoms with Gasteiger partial charge in [0.1, 0.15) is 5.60 Å². The number of hydrogen-bond donors (Lipinski definition) is 2. The molecule has 5 nitrogen and oxygen atoms in total. The van der Waals surface area contributed by atoms with Gasteiger partial charge in [0.05, 0.1) is 12.1 Å². The van der Waals surface area contributed by atoms with E-state index >= 15 is 0 Å². The van der Waals surface area contributed by atoms with Crippen LogP contribution in [0.1, 0.15) is 32.8 Å². The molecule has 1 aliphatic rings. The summed E-state index contributed by atoms with van der Waals surface area (Å²) in [6.45, 7) is 7.68. The van der Waals surface area contributed by atoms with Crippen molar-refractivity contribution >= 4 is 6.09 Å². The molecule has 122 valence electrons. The van der Waals surface area contributed by atoms with Crippen molar-refractivity contribution in [3.63, 3.8) is 0 Å². The van der Waals surface area contributed by atoms with Gasteiger partial charge in [-0.3, -0.25) is 4.90 Å². The summed E-state index contributed by atoms with van der Waals surface area (Å²) in [5.41, 5.74) is 0.705. The van der Waals surface area contributed by atoms with E-state index in [0.29, 0.717) is 13.0 Å². The minimum Gasteiger partial charge on any atom is -0.444 e. The summed E-state index contributed by atoms with van der Waals surface area (Å²) in [4.78, 5) is 14.0. The number of benzene rings is 1. The van der Waals surface area contributed by atoms with Crippen LogP contribution in [0.3, 0.4) is 0 Å². The number of aliphatic hydroxyl groups is 1. The Morgan fingerprint density at radius 1 is 1.36 bits per heavy atom. The van der Waals surface area contributed by atoms with Crippen LogP contribution in [0.5, 0.6) is 0 Å². The van der Waals surface area contributed by atoms with Gasteiger partial charge >= 0.3 is 6.09 Å². The highest BCUT2D eigenvalue weighted by molar-refractivity contribution is 5.68. The summed E-state index contributed by atoms with van der Waals surface area (Å²) in [7, 11) is 0. The number of carbonyl (C=O) groups excluding carboxylic acids is 1. The van der Waals surface area contributed by atoms with Crippen molar-refractivity contribution in [1.82, 2.24) is 10.2 Å². The summed E-state index contributed by atoms with van der Waals surface area (Å²) in [5.74, 6) is 0. The standard InChI is InChI=1S/C17H26N2O3/c1-17(2,3)22-16(21)18-14-9-10-19(12-15(14)20)11-13-7-5-4-6-8-13/h4-8,14-15,20H,9-12H2,1-3H3,(H,18,21)/t14-,15+/m0/s1. The molecule has 2 N–H and O–H groups in total. The molecule has 0 aromatic heterocycles. The molecule has 1 heterocycles. The molecule has 0 radical (unpaired) electrons. The van der Waals surface area contributed by atoms with Crippen molar-refractivity contribution in [1.29, 1.82) is 0 Å². The number of rotatable bonds is 3. The van der Waals surface area contributed by atoms with Crippen LogP contribution in [0.2, 0.25) is 0 Å². The highest BCUT2D eigenvalue weighted by Gasteiger charge is 2.30. The summed E-state index contributed by atoms with van der Waals surface area (Å²) in [5, 5.41) is 13.0. The Hall–Kier alpha value is -1.59. The van der Waals surface area contributed by atoms with Crippen molar-refractivity contribution in [3.05, 3.63) is 35.9 Å². The predicted octanol–water partition coefficient (Wildman–Crippen LogP) is 2.15. The van der Waals surface area contributed by atoms with Crippen LogP contribution in [-0.4, -0.2) is 46.9 Å². The lowest BCUT2D eigenvalue weighted by Gasteiger charge is -2.36. The van der Waals surface area contributed by atoms with Crippen molar-refractivity contribution in [2.45, 2.75) is 51.5 Å². The van der Waals surface area contributed by atoms with E-state index < -0.39 is 17.8 Å². The number of alkyl carbamates (subject to hydrolysis) is 1. The maximum absolute atomic E-state index is 11.8. The zero-order valence-corrected chi connectivity index (χ0v) is 13.6. The first-order valence-electron chi connectivity index (χ1n) is 7.77. The summed E-state index contributed by atoms with van der Waals surface area (Å²) < 4.78 is 5.24. The van der Waals surface area contributed by atoms with E-state index in [1.54, 1.807) is 0 Å². The fourth-order valence-electron chi connectivity index (χ4n) is 2.61. The van der Waals surface area contributed by atoms with E-state index in [1.807, 2.05) is 39.0 Å². The van der Waals surface area contributed by atoms with E-state index in [2.05, 4.69) is 22.3 Å². The molecule has 5 heteroatoms. The Kier molecular flexibility index (Phi) is 5.42. The first-order chi connectivity index (χ1) is 10.3. The second kappa shape index (κ2) is 7.11. The molecule has 0 spiro atoms. The van der Waals surface area contributed by atoms with Crippen LogP contribution in [0, 0.1) is 0 Å². The Balaban J connectivity index is 1.81. The number of hydrogen-bond acceptors (Lipinski definition) is 4. The molecular formula is C17H26N2O3. The van der Waals surface area contributed by atoms with Crippen LogP contribution in [-0.2, 0) is 11.3 Å². The van der Waals surface area contributed by atoms with Gasteiger partial charge in [-0.1, -0.05) is 30.3 Å². The smallest absolute Gasteiger partial charge is 0.407 e. The molecule has 1 amide bonds. The lowest BCUT2D eigenvalue weighted by atomic mass is 10.0. The topological polar surface area (TPSA) is 61.8 Å². The minimum atomic E-state index is -0.579. The normalized spacial score (nSPS) is 23.1. The molecule has 1 fully saturated rings. The average Bonchev–Trinajstić information content (AvgIpc) is 2.41. The fraction of sp³-hybridized carbons (Fsp3) is 0.588. The summed E-state index contributed by atoms with van der Waals surface area (Å²) in [6, 6.07) is 9.94. The van der Waals surface area contributed by atoms with Gasteiger partial charge in [-0.05, 0) is 32.8 Å². The zero-order valence-electron chi connectivity index (χ0n) is 13.6. The van der Waals surface area contributed by atoms with Crippen molar-refractivity contribution in [2.24, 2.45) is 0 Å². The third-order valence-corrected chi connectivity index (χ3v) is 3.62. The molecule has 0 aliphatic carbocycles. The third kappa shape index (κ3) is 5.31. The second-order valence-electron chi connectivity index (χ2n) is 6.83. The molecule has 1 saturated heterocycles. The molecule has 2 rings (SSSR count). The number of likely N-dealkylation sites (tertiary alicyclic amines) is 1. The number of aliphatic hydroxyl groups excluding tert-OH is 1. The number of ether oxygens (including phenoxy) is 1. The van der Waals surface area contributed by atoms with Gasteiger partial charge in [-0.15, -0.1) is 0 Å². The fourth-order valence-corrected chi connectivity index (χ4v) is 2.61. The van der Waals surface area contributed by atoms with E-state index in [0.717, 1.165) is 13.1 Å². The molecule has 1 aromatic carbocycles. The largest absolute Gasteiger partial charge is 0.444 e. The first-order valence-corrected chi connectivity index (χ1v) is 7.77. The number of piperidine rings is 1. The van der Waals surface area contributed by atoms with Crippen LogP contribution < -0.4 is 5.32 Å². The Morgan fingerprint density at radius 2 is 2.05 bits per heavy atom. The monoisotopic (exact) mass is 306 g/mol. The number of β-amino-alcohol motifs (C(OH)–C–C–N with tert-alkyl or cyclic N) is 1. The maximum atomic E-state index is 11.8. The Labute approximate surface area is 132 Å². The van der Waals surface area contributed by atoms with Crippen LogP contribution in [0.25, 0.3) is 0 Å². The van der Waals surface area contributed by atoms with Gasteiger partial charge in [0.25, 0.3) is 0 Å². The quantitative estimate of drug-likeness (QED) is 0.898. The number of amides is 1. The van der Waals surface area contributed by atoms with Crippen LogP contribution >= 0.6 is 0 Å². The molecule has 2 atom stereocenters. The van der Waals surface area contributed by atoms with Gasteiger partial charge in [0.2, 0.25) is 0 Å². The van der Waals surface area contributed by atoms with Crippen molar-refractivity contribution in [2.75, 3.05) is 13.1 Å². The molecule has 1 aliphatic heterocycles. The van der Waals surface area contributed by atoms with E-state index in [4.69, 9.17) is 4.74 Å². The minimum absolute atomic E-state index is 0.248. The molecule has 0 bridgehead atoms. The molecule has 1 aromatic rings. The van der Waals surface area contributed by atoms with Gasteiger partial charge in [0, 0.05) is 19.6 Å². The Morgan fingerprint density at radius 3 is 2.64 bits per heavy atom. The second-order valence-corrected chi connectivity index (χ2v) is 6.83. The van der Waals surface area contributed by atoms with E-state index in [9.17, 15) is 9.90 Å². The molecular weight excluding hydrogens is 280 g/mol. The van der Waals surface area contributed by atoms with Gasteiger partial charge < -0.3 is 15.2 Å². The van der Waals surface area contributed by atoms with Gasteiger partial charge in [-0.2, -0.15) is 0 Å². The van der Waals surface area contributed by atoms with E-state index in [-0.39, 0.29) is 6.04 Å². The summed E-state index contributed by atoms with van der Waals surface area (Å²) >= 11 is 0. The predicted molar refractivity (Wildman–Crippen MR) is 85.5 cm³/mol. The third-order valence-electron chi connectivity index (χ3n) is 3.62. The lowest BCUT2D eigenvalue weighted by Crippen LogP contribution is -2.54. The SMILES string of the molecule is CC(C)(C)OC(=O)N[C@H]1CCN(Cc2ccccc2)C[C@H]1O. The number of carbonyl (C=O) groups is 1. The Bertz CT molecular complexity index is 484. The van der Waals surface area contributed by atoms with Gasteiger partial charge in [0.15, 0.2) is 0 Å². The first kappa shape index (κ1) is 16.8. The van der Waals surface area contributed by atoms with Crippen molar-refractivity contribution < 1.29 is 14.6 Å². The van der Waals surface area contributed by atoms with Gasteiger partial charge in [-0.25, -0.2) is 4.79 Å². The maximum Gasteiger partial charge on any atom is 0.407 e. The highest BCUT2D eigenvalue weighted by Crippen LogP contribution is 2.15. The number of nitrogens with zero attached hydrogens (tertiary/aromatic N) is 1. The molecule has 22 heavy (non-hydrogen) atoms. The zero-order chi connectivity index (χ0) is 16.2. The number of nitrogens with one attached hydrogen (secondary N) is 1. The molecule has 0 saturated carbocycles. The molecule has 0 unspecified atom stereocenters. The summed E-state index contributed by atoms with van der Waals surface area (Å²) in [6.07, 6.45) is -0.328. The highest BCUT2D eigenvalue weighted by atomic mass is 16.6. The van der Waals surface area contributed by atoms with Crippen molar-refractivity contribution in [3.8, 4) is 0 Å². The van der Waals surface area contributed by atoms with E-state index in [1.165, 1.54) is 5.56 Å². The average molecular weight is 306 g/mol. The van der Waals surface area contributed by atoms with Crippen LogP contribution in [0.4, 0.5) is 4.79 Å².